The van der Waals surface area contributed by atoms with Crippen molar-refractivity contribution in [3.63, 3.8) is 0 Å². The van der Waals surface area contributed by atoms with Crippen molar-refractivity contribution >= 4 is 28.4 Å². The SMILES string of the molecule is C=C(C)N=C(C)/C(C=NC)=C(\C)c1ccc2cc[nH]c2c1. The van der Waals surface area contributed by atoms with E-state index in [1.807, 2.05) is 26.3 Å². The molecule has 1 heterocycles. The molecular formula is C18H21N3. The fourth-order valence-corrected chi connectivity index (χ4v) is 2.37. The number of aromatic nitrogens is 1. The van der Waals surface area contributed by atoms with E-state index in [2.05, 4.69) is 52.7 Å². The van der Waals surface area contributed by atoms with Crippen molar-refractivity contribution in [3.8, 4) is 0 Å². The Morgan fingerprint density at radius 1 is 1.19 bits per heavy atom. The number of allylic oxidation sites excluding steroid dienone is 3. The predicted octanol–water partition coefficient (Wildman–Crippen LogP) is 4.64. The highest BCUT2D eigenvalue weighted by Gasteiger charge is 2.08. The van der Waals surface area contributed by atoms with Crippen molar-refractivity contribution in [2.45, 2.75) is 20.8 Å². The molecule has 0 saturated heterocycles. The standard InChI is InChI=1S/C18H21N3/c1-12(2)21-14(4)17(11-19-5)13(3)16-7-6-15-8-9-20-18(15)10-16/h6-11,20H,1H2,2-5H3/b17-13+,19-11?,21-14?. The molecule has 0 aliphatic heterocycles. The van der Waals surface area contributed by atoms with Gasteiger partial charge in [0, 0.05) is 42.0 Å². The summed E-state index contributed by atoms with van der Waals surface area (Å²) in [6.07, 6.45) is 3.81. The summed E-state index contributed by atoms with van der Waals surface area (Å²) >= 11 is 0. The lowest BCUT2D eigenvalue weighted by Gasteiger charge is -2.09. The van der Waals surface area contributed by atoms with Gasteiger partial charge in [-0.05, 0) is 49.4 Å². The number of benzene rings is 1. The Kier molecular flexibility index (Phi) is 4.53. The average molecular weight is 279 g/mol. The minimum atomic E-state index is 0.794. The molecule has 3 nitrogen and oxygen atoms in total. The molecular weight excluding hydrogens is 258 g/mol. The molecule has 0 atom stereocenters. The Bertz CT molecular complexity index is 758. The molecule has 0 unspecified atom stereocenters. The Labute approximate surface area is 125 Å². The van der Waals surface area contributed by atoms with Crippen molar-refractivity contribution in [1.82, 2.24) is 4.98 Å². The maximum atomic E-state index is 4.46. The third-order valence-corrected chi connectivity index (χ3v) is 3.40. The molecule has 0 spiro atoms. The number of nitrogens with zero attached hydrogens (tertiary/aromatic N) is 2. The van der Waals surface area contributed by atoms with Crippen LogP contribution in [0.15, 0.2) is 58.3 Å². The minimum absolute atomic E-state index is 0.794. The van der Waals surface area contributed by atoms with Crippen LogP contribution in [0.25, 0.3) is 16.5 Å². The van der Waals surface area contributed by atoms with Crippen molar-refractivity contribution in [2.24, 2.45) is 9.98 Å². The third kappa shape index (κ3) is 3.37. The van der Waals surface area contributed by atoms with E-state index >= 15 is 0 Å². The van der Waals surface area contributed by atoms with E-state index in [1.54, 1.807) is 7.05 Å². The molecule has 0 radical (unpaired) electrons. The summed E-state index contributed by atoms with van der Waals surface area (Å²) < 4.78 is 0. The molecule has 3 heteroatoms. The first-order valence-electron chi connectivity index (χ1n) is 6.94. The second kappa shape index (κ2) is 6.35. The Morgan fingerprint density at radius 3 is 2.62 bits per heavy atom. The smallest absolute Gasteiger partial charge is 0.0466 e. The van der Waals surface area contributed by atoms with Gasteiger partial charge in [0.25, 0.3) is 0 Å². The van der Waals surface area contributed by atoms with E-state index < -0.39 is 0 Å². The van der Waals surface area contributed by atoms with Gasteiger partial charge in [0.1, 0.15) is 0 Å². The van der Waals surface area contributed by atoms with Crippen molar-refractivity contribution in [1.29, 1.82) is 0 Å². The Balaban J connectivity index is 2.57. The number of aromatic amines is 1. The lowest BCUT2D eigenvalue weighted by Crippen LogP contribution is -2.03. The first kappa shape index (κ1) is 15.0. The molecule has 0 saturated carbocycles. The molecule has 0 bridgehead atoms. The normalized spacial score (nSPS) is 13.8. The van der Waals surface area contributed by atoms with Crippen LogP contribution in [0.4, 0.5) is 0 Å². The fourth-order valence-electron chi connectivity index (χ4n) is 2.37. The third-order valence-electron chi connectivity index (χ3n) is 3.40. The number of nitrogens with one attached hydrogen (secondary N) is 1. The molecule has 2 aromatic rings. The summed E-state index contributed by atoms with van der Waals surface area (Å²) in [6, 6.07) is 8.47. The first-order chi connectivity index (χ1) is 10.0. The van der Waals surface area contributed by atoms with Gasteiger partial charge in [0.2, 0.25) is 0 Å². The lowest BCUT2D eigenvalue weighted by molar-refractivity contribution is 1.31. The van der Waals surface area contributed by atoms with Crippen LogP contribution < -0.4 is 0 Å². The number of fused-ring (bicyclic) bond motifs is 1. The minimum Gasteiger partial charge on any atom is -0.361 e. The Morgan fingerprint density at radius 2 is 1.95 bits per heavy atom. The van der Waals surface area contributed by atoms with Crippen LogP contribution in [-0.2, 0) is 0 Å². The van der Waals surface area contributed by atoms with Gasteiger partial charge in [-0.15, -0.1) is 0 Å². The van der Waals surface area contributed by atoms with Crippen LogP contribution in [0.5, 0.6) is 0 Å². The number of rotatable bonds is 4. The molecule has 1 aromatic carbocycles. The van der Waals surface area contributed by atoms with Gasteiger partial charge in [-0.1, -0.05) is 18.7 Å². The van der Waals surface area contributed by atoms with Crippen molar-refractivity contribution in [3.05, 3.63) is 53.9 Å². The van der Waals surface area contributed by atoms with Gasteiger partial charge in [0.05, 0.1) is 0 Å². The van der Waals surface area contributed by atoms with Gasteiger partial charge in [-0.25, -0.2) is 0 Å². The molecule has 108 valence electrons. The highest BCUT2D eigenvalue weighted by molar-refractivity contribution is 6.20. The van der Waals surface area contributed by atoms with E-state index in [1.165, 1.54) is 5.39 Å². The summed E-state index contributed by atoms with van der Waals surface area (Å²) in [7, 11) is 1.77. The van der Waals surface area contributed by atoms with E-state index in [0.717, 1.165) is 33.6 Å². The predicted molar refractivity (Wildman–Crippen MR) is 93.2 cm³/mol. The van der Waals surface area contributed by atoms with Gasteiger partial charge in [-0.3, -0.25) is 9.98 Å². The summed E-state index contributed by atoms with van der Waals surface area (Å²) in [4.78, 5) is 11.9. The fraction of sp³-hybridized carbons (Fsp3) is 0.222. The zero-order chi connectivity index (χ0) is 15.4. The van der Waals surface area contributed by atoms with Crippen molar-refractivity contribution in [2.75, 3.05) is 7.05 Å². The summed E-state index contributed by atoms with van der Waals surface area (Å²) in [6.45, 7) is 9.82. The molecule has 21 heavy (non-hydrogen) atoms. The van der Waals surface area contributed by atoms with Crippen LogP contribution in [0.2, 0.25) is 0 Å². The van der Waals surface area contributed by atoms with E-state index in [4.69, 9.17) is 0 Å². The molecule has 1 aromatic heterocycles. The number of hydrogen-bond donors (Lipinski definition) is 1. The molecule has 0 amide bonds. The maximum absolute atomic E-state index is 4.46. The van der Waals surface area contributed by atoms with Gasteiger partial charge < -0.3 is 4.98 Å². The highest BCUT2D eigenvalue weighted by Crippen LogP contribution is 2.23. The number of hydrogen-bond acceptors (Lipinski definition) is 2. The molecule has 0 aliphatic carbocycles. The van der Waals surface area contributed by atoms with E-state index in [9.17, 15) is 0 Å². The lowest BCUT2D eigenvalue weighted by atomic mass is 9.98. The quantitative estimate of drug-likeness (QED) is 0.792. The highest BCUT2D eigenvalue weighted by atomic mass is 14.7. The maximum Gasteiger partial charge on any atom is 0.0466 e. The van der Waals surface area contributed by atoms with Gasteiger partial charge in [0.15, 0.2) is 0 Å². The summed E-state index contributed by atoms with van der Waals surface area (Å²) in [5, 5.41) is 1.21. The van der Waals surface area contributed by atoms with Gasteiger partial charge >= 0.3 is 0 Å². The second-order valence-corrected chi connectivity index (χ2v) is 5.14. The average Bonchev–Trinajstić information content (AvgIpc) is 2.90. The van der Waals surface area contributed by atoms with Crippen LogP contribution in [0.1, 0.15) is 26.3 Å². The van der Waals surface area contributed by atoms with E-state index in [0.29, 0.717) is 0 Å². The van der Waals surface area contributed by atoms with E-state index in [-0.39, 0.29) is 0 Å². The monoisotopic (exact) mass is 279 g/mol. The largest absolute Gasteiger partial charge is 0.361 e. The summed E-state index contributed by atoms with van der Waals surface area (Å²) in [5.74, 6) is 0. The molecule has 2 rings (SSSR count). The van der Waals surface area contributed by atoms with Crippen LogP contribution >= 0.6 is 0 Å². The summed E-state index contributed by atoms with van der Waals surface area (Å²) in [5.41, 5.74) is 6.20. The van der Waals surface area contributed by atoms with Crippen molar-refractivity contribution < 1.29 is 0 Å². The first-order valence-corrected chi connectivity index (χ1v) is 6.94. The molecule has 1 N–H and O–H groups in total. The zero-order valence-corrected chi connectivity index (χ0v) is 13.1. The van der Waals surface area contributed by atoms with Crippen LogP contribution in [0, 0.1) is 0 Å². The number of aliphatic imine (C=N–C) groups is 2. The number of H-pyrrole nitrogens is 1. The molecule has 0 aliphatic rings. The topological polar surface area (TPSA) is 40.5 Å². The van der Waals surface area contributed by atoms with Crippen LogP contribution in [-0.4, -0.2) is 24.0 Å². The zero-order valence-electron chi connectivity index (χ0n) is 13.1. The Hall–Kier alpha value is -2.42. The second-order valence-electron chi connectivity index (χ2n) is 5.14. The molecule has 0 fully saturated rings. The van der Waals surface area contributed by atoms with Crippen LogP contribution in [0.3, 0.4) is 0 Å². The van der Waals surface area contributed by atoms with Gasteiger partial charge in [-0.2, -0.15) is 0 Å².